The summed E-state index contributed by atoms with van der Waals surface area (Å²) in [6.45, 7) is 0.493. The summed E-state index contributed by atoms with van der Waals surface area (Å²) in [6, 6.07) is 14.9. The summed E-state index contributed by atoms with van der Waals surface area (Å²) in [5.74, 6) is 1.81. The van der Waals surface area contributed by atoms with Crippen LogP contribution in [0, 0.1) is 0 Å². The van der Waals surface area contributed by atoms with Crippen LogP contribution < -0.4 is 14.8 Å². The van der Waals surface area contributed by atoms with Gasteiger partial charge in [0.25, 0.3) is 5.91 Å². The minimum absolute atomic E-state index is 0.160. The van der Waals surface area contributed by atoms with Gasteiger partial charge in [-0.3, -0.25) is 4.79 Å². The van der Waals surface area contributed by atoms with E-state index in [9.17, 15) is 4.79 Å². The Kier molecular flexibility index (Phi) is 4.70. The number of fused-ring (bicyclic) bond motifs is 1. The second-order valence-corrected chi connectivity index (χ2v) is 5.33. The van der Waals surface area contributed by atoms with Gasteiger partial charge in [-0.15, -0.1) is 0 Å². The van der Waals surface area contributed by atoms with E-state index in [0.29, 0.717) is 30.0 Å². The van der Waals surface area contributed by atoms with Gasteiger partial charge in [0.1, 0.15) is 11.3 Å². The van der Waals surface area contributed by atoms with Crippen LogP contribution in [-0.4, -0.2) is 26.7 Å². The third-order valence-electron chi connectivity index (χ3n) is 3.78. The molecule has 5 nitrogen and oxygen atoms in total. The average Bonchev–Trinajstić information content (AvgIpc) is 3.03. The van der Waals surface area contributed by atoms with Crippen molar-refractivity contribution >= 4 is 16.9 Å². The van der Waals surface area contributed by atoms with Gasteiger partial charge < -0.3 is 19.2 Å². The molecular formula is C19H19NO4. The quantitative estimate of drug-likeness (QED) is 0.754. The highest BCUT2D eigenvalue weighted by molar-refractivity contribution is 5.94. The maximum Gasteiger partial charge on any atom is 0.251 e. The first-order valence-corrected chi connectivity index (χ1v) is 7.69. The molecule has 0 saturated heterocycles. The van der Waals surface area contributed by atoms with Gasteiger partial charge in [-0.05, 0) is 30.3 Å². The SMILES string of the molecule is COc1ccc(C(=O)NCCc2cc3ccccc3o2)cc1OC. The summed E-state index contributed by atoms with van der Waals surface area (Å²) in [6.07, 6.45) is 0.633. The minimum Gasteiger partial charge on any atom is -0.493 e. The minimum atomic E-state index is -0.160. The van der Waals surface area contributed by atoms with Gasteiger partial charge in [0.05, 0.1) is 14.2 Å². The largest absolute Gasteiger partial charge is 0.493 e. The molecule has 5 heteroatoms. The van der Waals surface area contributed by atoms with E-state index in [1.807, 2.05) is 30.3 Å². The zero-order valence-corrected chi connectivity index (χ0v) is 13.7. The van der Waals surface area contributed by atoms with Crippen molar-refractivity contribution in [1.29, 1.82) is 0 Å². The number of amides is 1. The fourth-order valence-corrected chi connectivity index (χ4v) is 2.54. The molecule has 3 aromatic rings. The van der Waals surface area contributed by atoms with Crippen molar-refractivity contribution in [1.82, 2.24) is 5.32 Å². The molecule has 0 bridgehead atoms. The van der Waals surface area contributed by atoms with Crippen molar-refractivity contribution in [3.05, 3.63) is 59.9 Å². The summed E-state index contributed by atoms with van der Waals surface area (Å²) >= 11 is 0. The molecule has 2 aromatic carbocycles. The second kappa shape index (κ2) is 7.08. The number of carbonyl (C=O) groups is 1. The number of rotatable bonds is 6. The molecule has 0 atom stereocenters. The van der Waals surface area contributed by atoms with E-state index >= 15 is 0 Å². The molecule has 0 spiro atoms. The Bertz CT molecular complexity index is 820. The Morgan fingerprint density at radius 3 is 2.58 bits per heavy atom. The lowest BCUT2D eigenvalue weighted by Gasteiger charge is -2.09. The molecule has 0 aliphatic carbocycles. The lowest BCUT2D eigenvalue weighted by Crippen LogP contribution is -2.25. The molecule has 0 aliphatic heterocycles. The van der Waals surface area contributed by atoms with Crippen LogP contribution in [0.5, 0.6) is 11.5 Å². The molecule has 1 heterocycles. The molecule has 24 heavy (non-hydrogen) atoms. The first-order chi connectivity index (χ1) is 11.7. The highest BCUT2D eigenvalue weighted by Crippen LogP contribution is 2.27. The van der Waals surface area contributed by atoms with Gasteiger partial charge in [-0.2, -0.15) is 0 Å². The van der Waals surface area contributed by atoms with E-state index in [0.717, 1.165) is 16.7 Å². The van der Waals surface area contributed by atoms with Gasteiger partial charge >= 0.3 is 0 Å². The number of furan rings is 1. The topological polar surface area (TPSA) is 60.7 Å². The van der Waals surface area contributed by atoms with Crippen LogP contribution >= 0.6 is 0 Å². The smallest absolute Gasteiger partial charge is 0.251 e. The third-order valence-corrected chi connectivity index (χ3v) is 3.78. The summed E-state index contributed by atoms with van der Waals surface area (Å²) < 4.78 is 16.1. The number of hydrogen-bond acceptors (Lipinski definition) is 4. The van der Waals surface area contributed by atoms with Crippen molar-refractivity contribution in [3.63, 3.8) is 0 Å². The molecule has 1 N–H and O–H groups in total. The number of nitrogens with one attached hydrogen (secondary N) is 1. The molecule has 1 amide bonds. The molecule has 0 radical (unpaired) electrons. The van der Waals surface area contributed by atoms with Crippen LogP contribution in [0.4, 0.5) is 0 Å². The predicted octanol–water partition coefficient (Wildman–Crippen LogP) is 3.42. The van der Waals surface area contributed by atoms with Crippen molar-refractivity contribution in [2.75, 3.05) is 20.8 Å². The molecule has 0 saturated carbocycles. The van der Waals surface area contributed by atoms with Crippen molar-refractivity contribution in [3.8, 4) is 11.5 Å². The summed E-state index contributed by atoms with van der Waals surface area (Å²) in [5.41, 5.74) is 1.39. The van der Waals surface area contributed by atoms with E-state index in [2.05, 4.69) is 5.32 Å². The van der Waals surface area contributed by atoms with Gasteiger partial charge in [0.15, 0.2) is 11.5 Å². The van der Waals surface area contributed by atoms with E-state index in [4.69, 9.17) is 13.9 Å². The Labute approximate surface area is 140 Å². The van der Waals surface area contributed by atoms with Crippen LogP contribution in [0.2, 0.25) is 0 Å². The van der Waals surface area contributed by atoms with Crippen molar-refractivity contribution in [2.45, 2.75) is 6.42 Å². The normalized spacial score (nSPS) is 10.6. The zero-order valence-electron chi connectivity index (χ0n) is 13.7. The fraction of sp³-hybridized carbons (Fsp3) is 0.211. The van der Waals surface area contributed by atoms with Crippen molar-refractivity contribution < 1.29 is 18.7 Å². The summed E-state index contributed by atoms with van der Waals surface area (Å²) in [7, 11) is 3.10. The Balaban J connectivity index is 1.61. The van der Waals surface area contributed by atoms with Crippen LogP contribution in [0.1, 0.15) is 16.1 Å². The number of benzene rings is 2. The second-order valence-electron chi connectivity index (χ2n) is 5.33. The molecule has 0 aliphatic rings. The number of para-hydroxylation sites is 1. The monoisotopic (exact) mass is 325 g/mol. The standard InChI is InChI=1S/C19H19NO4/c1-22-17-8-7-14(12-18(17)23-2)19(21)20-10-9-15-11-13-5-3-4-6-16(13)24-15/h3-8,11-12H,9-10H2,1-2H3,(H,20,21). The van der Waals surface area contributed by atoms with E-state index < -0.39 is 0 Å². The fourth-order valence-electron chi connectivity index (χ4n) is 2.54. The maximum atomic E-state index is 12.2. The van der Waals surface area contributed by atoms with Gasteiger partial charge in [0.2, 0.25) is 0 Å². The number of methoxy groups -OCH3 is 2. The Morgan fingerprint density at radius 2 is 1.83 bits per heavy atom. The van der Waals surface area contributed by atoms with E-state index in [1.54, 1.807) is 32.4 Å². The summed E-state index contributed by atoms with van der Waals surface area (Å²) in [5, 5.41) is 3.95. The number of ether oxygens (including phenoxy) is 2. The van der Waals surface area contributed by atoms with E-state index in [-0.39, 0.29) is 5.91 Å². The lowest BCUT2D eigenvalue weighted by atomic mass is 10.2. The molecule has 3 rings (SSSR count). The molecule has 124 valence electrons. The Morgan fingerprint density at radius 1 is 1.04 bits per heavy atom. The first-order valence-electron chi connectivity index (χ1n) is 7.69. The molecular weight excluding hydrogens is 306 g/mol. The predicted molar refractivity (Wildman–Crippen MR) is 91.8 cm³/mol. The van der Waals surface area contributed by atoms with Crippen LogP contribution in [0.3, 0.4) is 0 Å². The third kappa shape index (κ3) is 3.35. The molecule has 0 unspecified atom stereocenters. The number of carbonyl (C=O) groups excluding carboxylic acids is 1. The van der Waals surface area contributed by atoms with Crippen LogP contribution in [0.15, 0.2) is 52.9 Å². The van der Waals surface area contributed by atoms with Crippen molar-refractivity contribution in [2.24, 2.45) is 0 Å². The van der Waals surface area contributed by atoms with Gasteiger partial charge in [-0.1, -0.05) is 18.2 Å². The summed E-state index contributed by atoms with van der Waals surface area (Å²) in [4.78, 5) is 12.2. The highest BCUT2D eigenvalue weighted by Gasteiger charge is 2.11. The van der Waals surface area contributed by atoms with Crippen LogP contribution in [-0.2, 0) is 6.42 Å². The number of hydrogen-bond donors (Lipinski definition) is 1. The lowest BCUT2D eigenvalue weighted by molar-refractivity contribution is 0.0953. The maximum absolute atomic E-state index is 12.2. The molecule has 1 aromatic heterocycles. The van der Waals surface area contributed by atoms with E-state index in [1.165, 1.54) is 0 Å². The van der Waals surface area contributed by atoms with Gasteiger partial charge in [-0.25, -0.2) is 0 Å². The molecule has 0 fully saturated rings. The van der Waals surface area contributed by atoms with Crippen LogP contribution in [0.25, 0.3) is 11.0 Å². The highest BCUT2D eigenvalue weighted by atomic mass is 16.5. The zero-order chi connectivity index (χ0) is 16.9. The Hall–Kier alpha value is -2.95. The average molecular weight is 325 g/mol. The first kappa shape index (κ1) is 15.9. The van der Waals surface area contributed by atoms with Gasteiger partial charge in [0, 0.05) is 23.9 Å².